The molecule has 1 saturated heterocycles. The van der Waals surface area contributed by atoms with Crippen molar-refractivity contribution >= 4 is 11.9 Å². The van der Waals surface area contributed by atoms with Gasteiger partial charge < -0.3 is 10.0 Å². The van der Waals surface area contributed by atoms with Gasteiger partial charge in [-0.2, -0.15) is 0 Å². The fraction of sp³-hybridized carbons (Fsp3) is 0.867. The lowest BCUT2D eigenvalue weighted by molar-refractivity contribution is -0.138. The lowest BCUT2D eigenvalue weighted by Crippen LogP contribution is -2.45. The fourth-order valence-corrected chi connectivity index (χ4v) is 3.16. The van der Waals surface area contributed by atoms with Crippen LogP contribution in [0.1, 0.15) is 45.4 Å². The third kappa shape index (κ3) is 4.47. The average molecular weight is 282 g/mol. The summed E-state index contributed by atoms with van der Waals surface area (Å²) in [5.74, 6) is -0.0402. The van der Waals surface area contributed by atoms with E-state index >= 15 is 0 Å². The van der Waals surface area contributed by atoms with Crippen molar-refractivity contribution in [2.45, 2.75) is 51.5 Å². The molecule has 2 aliphatic rings. The van der Waals surface area contributed by atoms with E-state index in [0.29, 0.717) is 18.5 Å². The molecule has 0 aromatic rings. The van der Waals surface area contributed by atoms with E-state index in [1.165, 1.54) is 0 Å². The highest BCUT2D eigenvalue weighted by molar-refractivity contribution is 5.79. The topological polar surface area (TPSA) is 60.9 Å². The number of aliphatic carboxylic acids is 1. The van der Waals surface area contributed by atoms with Gasteiger partial charge >= 0.3 is 5.97 Å². The minimum Gasteiger partial charge on any atom is -0.481 e. The van der Waals surface area contributed by atoms with Crippen molar-refractivity contribution in [1.29, 1.82) is 0 Å². The van der Waals surface area contributed by atoms with Crippen LogP contribution in [0.15, 0.2) is 0 Å². The van der Waals surface area contributed by atoms with Crippen LogP contribution < -0.4 is 0 Å². The number of rotatable bonds is 7. The van der Waals surface area contributed by atoms with Gasteiger partial charge in [-0.1, -0.05) is 0 Å². The number of hydrogen-bond donors (Lipinski definition) is 1. The van der Waals surface area contributed by atoms with Gasteiger partial charge in [0.15, 0.2) is 0 Å². The smallest absolute Gasteiger partial charge is 0.303 e. The van der Waals surface area contributed by atoms with Crippen LogP contribution in [0.4, 0.5) is 0 Å². The largest absolute Gasteiger partial charge is 0.481 e. The maximum absolute atomic E-state index is 12.3. The van der Waals surface area contributed by atoms with Crippen LogP contribution in [0, 0.1) is 5.92 Å². The molecule has 20 heavy (non-hydrogen) atoms. The Morgan fingerprint density at radius 1 is 1.30 bits per heavy atom. The molecule has 1 N–H and O–H groups in total. The van der Waals surface area contributed by atoms with E-state index in [0.717, 1.165) is 51.7 Å². The zero-order valence-corrected chi connectivity index (χ0v) is 12.4. The average Bonchev–Trinajstić information content (AvgIpc) is 3.22. The summed E-state index contributed by atoms with van der Waals surface area (Å²) in [7, 11) is 0. The van der Waals surface area contributed by atoms with Crippen molar-refractivity contribution in [3.8, 4) is 0 Å². The Bertz CT molecular complexity index is 355. The number of likely N-dealkylation sites (N-methyl/N-ethyl adjacent to an activating group) is 1. The van der Waals surface area contributed by atoms with Gasteiger partial charge in [0.05, 0.1) is 6.54 Å². The monoisotopic (exact) mass is 282 g/mol. The molecule has 1 heterocycles. The van der Waals surface area contributed by atoms with E-state index in [4.69, 9.17) is 5.11 Å². The first-order valence-electron chi connectivity index (χ1n) is 7.83. The summed E-state index contributed by atoms with van der Waals surface area (Å²) in [6.45, 7) is 5.20. The first kappa shape index (κ1) is 15.3. The van der Waals surface area contributed by atoms with Crippen molar-refractivity contribution in [2.75, 3.05) is 26.2 Å². The molecular formula is C15H26N2O3. The van der Waals surface area contributed by atoms with Gasteiger partial charge in [0.2, 0.25) is 5.91 Å². The van der Waals surface area contributed by atoms with Crippen LogP contribution in [0.2, 0.25) is 0 Å². The molecule has 5 heteroatoms. The van der Waals surface area contributed by atoms with Gasteiger partial charge in [0.25, 0.3) is 0 Å². The summed E-state index contributed by atoms with van der Waals surface area (Å²) in [5, 5.41) is 8.75. The first-order chi connectivity index (χ1) is 9.60. The molecule has 1 saturated carbocycles. The molecule has 114 valence electrons. The normalized spacial score (nSPS) is 23.6. The molecule has 2 rings (SSSR count). The Morgan fingerprint density at radius 3 is 2.65 bits per heavy atom. The van der Waals surface area contributed by atoms with E-state index in [1.807, 2.05) is 11.8 Å². The zero-order chi connectivity index (χ0) is 14.5. The van der Waals surface area contributed by atoms with Crippen LogP contribution in [-0.4, -0.2) is 59.0 Å². The number of carboxylic acid groups (broad SMARTS) is 1. The van der Waals surface area contributed by atoms with E-state index in [2.05, 4.69) is 4.90 Å². The second-order valence-electron chi connectivity index (χ2n) is 6.09. The summed E-state index contributed by atoms with van der Waals surface area (Å²) in [6.07, 6.45) is 5.46. The van der Waals surface area contributed by atoms with Crippen molar-refractivity contribution < 1.29 is 14.7 Å². The predicted octanol–water partition coefficient (Wildman–Crippen LogP) is 1.57. The number of carbonyl (C=O) groups is 2. The highest BCUT2D eigenvalue weighted by atomic mass is 16.4. The van der Waals surface area contributed by atoms with Crippen LogP contribution in [0.3, 0.4) is 0 Å². The highest BCUT2D eigenvalue weighted by Crippen LogP contribution is 2.27. The number of hydrogen-bond acceptors (Lipinski definition) is 3. The zero-order valence-electron chi connectivity index (χ0n) is 12.4. The van der Waals surface area contributed by atoms with Crippen molar-refractivity contribution in [2.24, 2.45) is 5.92 Å². The highest BCUT2D eigenvalue weighted by Gasteiger charge is 2.32. The second-order valence-corrected chi connectivity index (χ2v) is 6.09. The lowest BCUT2D eigenvalue weighted by atomic mass is 9.93. The minimum absolute atomic E-state index is 0.244. The summed E-state index contributed by atoms with van der Waals surface area (Å²) in [5.41, 5.74) is 0. The Kier molecular flexibility index (Phi) is 5.40. The number of piperidine rings is 1. The van der Waals surface area contributed by atoms with E-state index in [1.54, 1.807) is 0 Å². The molecular weight excluding hydrogens is 256 g/mol. The molecule has 1 unspecified atom stereocenters. The van der Waals surface area contributed by atoms with Crippen LogP contribution in [-0.2, 0) is 9.59 Å². The Labute approximate surface area is 120 Å². The van der Waals surface area contributed by atoms with E-state index in [-0.39, 0.29) is 12.3 Å². The van der Waals surface area contributed by atoms with E-state index < -0.39 is 5.97 Å². The Balaban J connectivity index is 1.76. The van der Waals surface area contributed by atoms with Crippen LogP contribution >= 0.6 is 0 Å². The van der Waals surface area contributed by atoms with Crippen molar-refractivity contribution in [1.82, 2.24) is 9.80 Å². The van der Waals surface area contributed by atoms with Crippen molar-refractivity contribution in [3.05, 3.63) is 0 Å². The standard InChI is InChI=1S/C15H26N2O3/c1-2-17(13-6-7-13)14(18)11-16-9-3-4-12(10-16)5-8-15(19)20/h12-13H,2-11H2,1H3,(H,19,20). The fourth-order valence-electron chi connectivity index (χ4n) is 3.16. The third-order valence-corrected chi connectivity index (χ3v) is 4.38. The molecule has 1 atom stereocenters. The molecule has 0 aromatic heterocycles. The number of nitrogens with zero attached hydrogens (tertiary/aromatic N) is 2. The summed E-state index contributed by atoms with van der Waals surface area (Å²) in [6, 6.07) is 0.486. The van der Waals surface area contributed by atoms with Gasteiger partial charge in [0.1, 0.15) is 0 Å². The first-order valence-corrected chi connectivity index (χ1v) is 7.83. The Hall–Kier alpha value is -1.10. The summed E-state index contributed by atoms with van der Waals surface area (Å²) in [4.78, 5) is 27.1. The number of likely N-dealkylation sites (tertiary alicyclic amines) is 1. The summed E-state index contributed by atoms with van der Waals surface area (Å²) >= 11 is 0. The molecule has 1 aliphatic carbocycles. The molecule has 1 amide bonds. The number of carbonyl (C=O) groups excluding carboxylic acids is 1. The minimum atomic E-state index is -0.718. The maximum Gasteiger partial charge on any atom is 0.303 e. The van der Waals surface area contributed by atoms with Crippen molar-refractivity contribution in [3.63, 3.8) is 0 Å². The molecule has 0 spiro atoms. The maximum atomic E-state index is 12.3. The molecule has 0 bridgehead atoms. The van der Waals surface area contributed by atoms with Crippen LogP contribution in [0.5, 0.6) is 0 Å². The van der Waals surface area contributed by atoms with Gasteiger partial charge in [-0.15, -0.1) is 0 Å². The van der Waals surface area contributed by atoms with Gasteiger partial charge in [-0.25, -0.2) is 0 Å². The number of carboxylic acids is 1. The van der Waals surface area contributed by atoms with Gasteiger partial charge in [-0.05, 0) is 51.5 Å². The molecule has 1 aliphatic heterocycles. The second kappa shape index (κ2) is 7.07. The molecule has 5 nitrogen and oxygen atoms in total. The summed E-state index contributed by atoms with van der Waals surface area (Å²) < 4.78 is 0. The lowest BCUT2D eigenvalue weighted by Gasteiger charge is -2.33. The van der Waals surface area contributed by atoms with Crippen LogP contribution in [0.25, 0.3) is 0 Å². The third-order valence-electron chi connectivity index (χ3n) is 4.38. The SMILES string of the molecule is CCN(C(=O)CN1CCCC(CCC(=O)O)C1)C1CC1. The number of amides is 1. The Morgan fingerprint density at radius 2 is 2.05 bits per heavy atom. The predicted molar refractivity (Wildman–Crippen MR) is 76.4 cm³/mol. The van der Waals surface area contributed by atoms with E-state index in [9.17, 15) is 9.59 Å². The molecule has 2 fully saturated rings. The molecule has 0 aromatic carbocycles. The molecule has 0 radical (unpaired) electrons. The quantitative estimate of drug-likeness (QED) is 0.770. The van der Waals surface area contributed by atoms with Gasteiger partial charge in [-0.3, -0.25) is 14.5 Å². The van der Waals surface area contributed by atoms with Gasteiger partial charge in [0, 0.05) is 25.6 Å².